The Morgan fingerprint density at radius 2 is 1.67 bits per heavy atom. The number of piperidine rings is 1. The van der Waals surface area contributed by atoms with Gasteiger partial charge >= 0.3 is 0 Å². The van der Waals surface area contributed by atoms with Gasteiger partial charge in [0.05, 0.1) is 27.2 Å². The number of carbonyl (C=O) groups is 1. The molecule has 5 rings (SSSR count). The largest absolute Gasteiger partial charge is 0.496 e. The maximum Gasteiger partial charge on any atom is 0.231 e. The molecule has 1 atom stereocenters. The maximum atomic E-state index is 13.1. The van der Waals surface area contributed by atoms with E-state index in [-0.39, 0.29) is 12.7 Å². The second kappa shape index (κ2) is 11.3. The van der Waals surface area contributed by atoms with Crippen molar-refractivity contribution in [2.24, 2.45) is 5.92 Å². The molecule has 0 radical (unpaired) electrons. The van der Waals surface area contributed by atoms with Gasteiger partial charge in [-0.3, -0.25) is 4.79 Å². The van der Waals surface area contributed by atoms with E-state index in [9.17, 15) is 4.79 Å². The highest BCUT2D eigenvalue weighted by molar-refractivity contribution is 5.80. The van der Waals surface area contributed by atoms with Crippen LogP contribution >= 0.6 is 0 Å². The van der Waals surface area contributed by atoms with Crippen LogP contribution in [0.2, 0.25) is 0 Å². The van der Waals surface area contributed by atoms with Gasteiger partial charge in [-0.2, -0.15) is 0 Å². The van der Waals surface area contributed by atoms with E-state index < -0.39 is 0 Å². The molecule has 36 heavy (non-hydrogen) atoms. The lowest BCUT2D eigenvalue weighted by molar-refractivity contribution is -0.131. The van der Waals surface area contributed by atoms with Gasteiger partial charge in [0.1, 0.15) is 17.2 Å². The number of rotatable bonds is 9. The summed E-state index contributed by atoms with van der Waals surface area (Å²) in [6, 6.07) is 9.64. The van der Waals surface area contributed by atoms with Gasteiger partial charge in [-0.25, -0.2) is 0 Å². The first kappa shape index (κ1) is 24.6. The van der Waals surface area contributed by atoms with Crippen LogP contribution in [0.5, 0.6) is 28.7 Å². The summed E-state index contributed by atoms with van der Waals surface area (Å²) in [5.41, 5.74) is 2.28. The highest BCUT2D eigenvalue weighted by Crippen LogP contribution is 2.36. The van der Waals surface area contributed by atoms with Crippen molar-refractivity contribution in [1.29, 1.82) is 0 Å². The fourth-order valence-electron chi connectivity index (χ4n) is 5.43. The minimum Gasteiger partial charge on any atom is -0.496 e. The molecular weight excluding hydrogens is 460 g/mol. The second-order valence-electron chi connectivity index (χ2n) is 9.80. The van der Waals surface area contributed by atoms with Gasteiger partial charge in [0, 0.05) is 44.4 Å². The average molecular weight is 497 g/mol. The van der Waals surface area contributed by atoms with E-state index in [4.69, 9.17) is 23.7 Å². The van der Waals surface area contributed by atoms with Crippen LogP contribution in [0.25, 0.3) is 0 Å². The Morgan fingerprint density at radius 3 is 2.42 bits per heavy atom. The van der Waals surface area contributed by atoms with Crippen molar-refractivity contribution in [3.8, 4) is 28.7 Å². The number of nitrogens with zero attached hydrogens (tertiary/aromatic N) is 2. The number of methoxy groups -OCH3 is 2. The second-order valence-corrected chi connectivity index (χ2v) is 9.80. The number of likely N-dealkylation sites (tertiary alicyclic amines) is 1. The number of ether oxygens (including phenoxy) is 5. The molecule has 1 unspecified atom stereocenters. The monoisotopic (exact) mass is 496 g/mol. The first-order chi connectivity index (χ1) is 17.6. The number of carbonyl (C=O) groups excluding carboxylic acids is 1. The van der Waals surface area contributed by atoms with Gasteiger partial charge in [-0.1, -0.05) is 0 Å². The summed E-state index contributed by atoms with van der Waals surface area (Å²) in [6.45, 7) is 5.61. The van der Waals surface area contributed by atoms with Gasteiger partial charge < -0.3 is 33.5 Å². The smallest absolute Gasteiger partial charge is 0.231 e. The van der Waals surface area contributed by atoms with E-state index in [0.717, 1.165) is 79.9 Å². The van der Waals surface area contributed by atoms with Crippen LogP contribution in [-0.2, 0) is 17.6 Å². The highest BCUT2D eigenvalue weighted by Gasteiger charge is 2.28. The van der Waals surface area contributed by atoms with Gasteiger partial charge in [0.25, 0.3) is 0 Å². The lowest BCUT2D eigenvalue weighted by atomic mass is 9.97. The molecule has 3 aliphatic rings. The Labute approximate surface area is 213 Å². The maximum absolute atomic E-state index is 13.1. The van der Waals surface area contributed by atoms with Crippen LogP contribution in [0.3, 0.4) is 0 Å². The summed E-state index contributed by atoms with van der Waals surface area (Å²) < 4.78 is 27.6. The van der Waals surface area contributed by atoms with Crippen LogP contribution in [-0.4, -0.2) is 76.1 Å². The molecule has 0 aliphatic carbocycles. The van der Waals surface area contributed by atoms with Gasteiger partial charge in [-0.05, 0) is 61.4 Å². The van der Waals surface area contributed by atoms with Crippen molar-refractivity contribution in [2.75, 3.05) is 60.3 Å². The zero-order chi connectivity index (χ0) is 24.9. The van der Waals surface area contributed by atoms with Crippen molar-refractivity contribution in [3.63, 3.8) is 0 Å². The first-order valence-corrected chi connectivity index (χ1v) is 12.9. The Bertz CT molecular complexity index is 1050. The molecule has 0 aromatic heterocycles. The molecule has 8 heteroatoms. The van der Waals surface area contributed by atoms with Gasteiger partial charge in [0.15, 0.2) is 11.5 Å². The molecule has 1 amide bonds. The summed E-state index contributed by atoms with van der Waals surface area (Å²) in [7, 11) is 3.28. The molecule has 8 nitrogen and oxygen atoms in total. The standard InChI is InChI=1S/C28H36N2O6/c1-32-23-14-24(33-2)16-25(15-23)34-10-4-8-29-7-3-5-20(17-29)18-30-9-6-21-11-26-27(36-19-35-26)12-22(21)13-28(30)31/h11-12,14-16,20H,3-10,13,17-19H2,1-2H3. The molecular formula is C28H36N2O6. The minimum absolute atomic E-state index is 0.215. The van der Waals surface area contributed by atoms with Gasteiger partial charge in [-0.15, -0.1) is 0 Å². The van der Waals surface area contributed by atoms with Crippen molar-refractivity contribution < 1.29 is 28.5 Å². The van der Waals surface area contributed by atoms with E-state index in [2.05, 4.69) is 15.9 Å². The Balaban J connectivity index is 1.09. The normalized spacial score (nSPS) is 19.6. The minimum atomic E-state index is 0.215. The summed E-state index contributed by atoms with van der Waals surface area (Å²) in [4.78, 5) is 17.7. The summed E-state index contributed by atoms with van der Waals surface area (Å²) >= 11 is 0. The molecule has 3 aliphatic heterocycles. The fourth-order valence-corrected chi connectivity index (χ4v) is 5.43. The predicted octanol–water partition coefficient (Wildman–Crippen LogP) is 3.54. The van der Waals surface area contributed by atoms with E-state index in [1.807, 2.05) is 24.3 Å². The SMILES string of the molecule is COc1cc(OC)cc(OCCCN2CCCC(CN3CCc4cc5c(cc4CC3=O)OCO5)C2)c1. The van der Waals surface area contributed by atoms with E-state index in [0.29, 0.717) is 18.9 Å². The van der Waals surface area contributed by atoms with Crippen molar-refractivity contribution in [2.45, 2.75) is 32.1 Å². The van der Waals surface area contributed by atoms with Crippen LogP contribution in [0, 0.1) is 5.92 Å². The third-order valence-electron chi connectivity index (χ3n) is 7.33. The first-order valence-electron chi connectivity index (χ1n) is 12.9. The molecule has 0 saturated carbocycles. The zero-order valence-electron chi connectivity index (χ0n) is 21.3. The third-order valence-corrected chi connectivity index (χ3v) is 7.33. The number of hydrogen-bond acceptors (Lipinski definition) is 7. The molecule has 2 aromatic rings. The lowest BCUT2D eigenvalue weighted by Crippen LogP contribution is -2.43. The molecule has 3 heterocycles. The topological polar surface area (TPSA) is 69.7 Å². The molecule has 0 N–H and O–H groups in total. The zero-order valence-corrected chi connectivity index (χ0v) is 21.3. The van der Waals surface area contributed by atoms with Crippen LogP contribution < -0.4 is 23.7 Å². The van der Waals surface area contributed by atoms with E-state index >= 15 is 0 Å². The van der Waals surface area contributed by atoms with Crippen LogP contribution in [0.4, 0.5) is 0 Å². The quantitative estimate of drug-likeness (QED) is 0.492. The lowest BCUT2D eigenvalue weighted by Gasteiger charge is -2.35. The number of hydrogen-bond donors (Lipinski definition) is 0. The molecule has 1 saturated heterocycles. The number of benzene rings is 2. The van der Waals surface area contributed by atoms with Crippen LogP contribution in [0.15, 0.2) is 30.3 Å². The molecule has 194 valence electrons. The Morgan fingerprint density at radius 1 is 0.944 bits per heavy atom. The Kier molecular flexibility index (Phi) is 7.70. The molecule has 2 aromatic carbocycles. The number of fused-ring (bicyclic) bond motifs is 2. The average Bonchev–Trinajstić information content (AvgIpc) is 3.30. The molecule has 0 spiro atoms. The fraction of sp³-hybridized carbons (Fsp3) is 0.536. The highest BCUT2D eigenvalue weighted by atomic mass is 16.7. The van der Waals surface area contributed by atoms with Crippen molar-refractivity contribution in [3.05, 3.63) is 41.5 Å². The summed E-state index contributed by atoms with van der Waals surface area (Å²) in [5, 5.41) is 0. The van der Waals surface area contributed by atoms with Gasteiger partial charge in [0.2, 0.25) is 12.7 Å². The predicted molar refractivity (Wildman–Crippen MR) is 135 cm³/mol. The molecule has 1 fully saturated rings. The van der Waals surface area contributed by atoms with Crippen LogP contribution in [0.1, 0.15) is 30.4 Å². The van der Waals surface area contributed by atoms with Crippen molar-refractivity contribution in [1.82, 2.24) is 9.80 Å². The van der Waals surface area contributed by atoms with E-state index in [1.165, 1.54) is 18.4 Å². The third kappa shape index (κ3) is 5.81. The van der Waals surface area contributed by atoms with Crippen molar-refractivity contribution >= 4 is 5.91 Å². The number of amides is 1. The Hall–Kier alpha value is -3.13. The molecule has 0 bridgehead atoms. The summed E-state index contributed by atoms with van der Waals surface area (Å²) in [5.74, 6) is 4.47. The van der Waals surface area contributed by atoms with E-state index in [1.54, 1.807) is 14.2 Å². The summed E-state index contributed by atoms with van der Waals surface area (Å²) in [6.07, 6.45) is 4.58.